The maximum Gasteiger partial charge on any atom is 0.201 e. The van der Waals surface area contributed by atoms with Gasteiger partial charge in [-0.3, -0.25) is 0 Å². The van der Waals surface area contributed by atoms with Crippen LogP contribution in [0.4, 0.5) is 8.78 Å². The van der Waals surface area contributed by atoms with E-state index in [9.17, 15) is 8.78 Å². The van der Waals surface area contributed by atoms with Crippen LogP contribution >= 0.6 is 0 Å². The van der Waals surface area contributed by atoms with Gasteiger partial charge >= 0.3 is 0 Å². The molecule has 0 N–H and O–H groups in total. The summed E-state index contributed by atoms with van der Waals surface area (Å²) >= 11 is 0. The van der Waals surface area contributed by atoms with E-state index >= 15 is 0 Å². The fourth-order valence-corrected chi connectivity index (χ4v) is 5.59. The highest BCUT2D eigenvalue weighted by molar-refractivity contribution is 5.65. The Kier molecular flexibility index (Phi) is 10.6. The Labute approximate surface area is 227 Å². The summed E-state index contributed by atoms with van der Waals surface area (Å²) in [4.78, 5) is 0. The summed E-state index contributed by atoms with van der Waals surface area (Å²) in [5.74, 6) is -0.618. The average molecular weight is 517 g/mol. The van der Waals surface area contributed by atoms with Crippen LogP contribution in [-0.2, 0) is 12.8 Å². The largest absolute Gasteiger partial charge is 0.491 e. The lowest BCUT2D eigenvalue weighted by Crippen LogP contribution is -2.11. The van der Waals surface area contributed by atoms with Gasteiger partial charge < -0.3 is 4.74 Å². The normalized spacial score (nSPS) is 17.7. The number of hydrogen-bond donors (Lipinski definition) is 0. The zero-order chi connectivity index (χ0) is 26.7. The van der Waals surface area contributed by atoms with Crippen molar-refractivity contribution < 1.29 is 13.5 Å². The second-order valence-corrected chi connectivity index (χ2v) is 10.6. The van der Waals surface area contributed by atoms with Crippen LogP contribution < -0.4 is 4.74 Å². The number of benzene rings is 3. The fourth-order valence-electron chi connectivity index (χ4n) is 5.59. The molecule has 4 rings (SSSR count). The third-order valence-electron chi connectivity index (χ3n) is 7.91. The molecule has 0 radical (unpaired) electrons. The van der Waals surface area contributed by atoms with Crippen LogP contribution in [0.1, 0.15) is 87.8 Å². The Morgan fingerprint density at radius 1 is 0.763 bits per heavy atom. The first-order chi connectivity index (χ1) is 18.6. The molecule has 3 aromatic carbocycles. The van der Waals surface area contributed by atoms with E-state index in [1.165, 1.54) is 74.1 Å². The van der Waals surface area contributed by atoms with Crippen molar-refractivity contribution >= 4 is 0 Å². The van der Waals surface area contributed by atoms with Gasteiger partial charge in [0.15, 0.2) is 11.6 Å². The fraction of sp³-hybridized carbons (Fsp3) is 0.429. The average Bonchev–Trinajstić information content (AvgIpc) is 2.95. The predicted octanol–water partition coefficient (Wildman–Crippen LogP) is 10.2. The number of unbranched alkanes of at least 4 members (excludes halogenated alkanes) is 2. The Hall–Kier alpha value is -2.94. The standard InChI is InChI=1S/C35H42F2O/c1-3-5-6-9-26-12-14-27(15-13-26)10-7-8-11-28-16-18-29(19-17-28)30-20-22-31(23-21-30)32-24-25-33(38-4-2)35(37)34(32)36/h8,11-15,20-25,28-29H,3-7,9-10,16-19H2,1-2H3. The van der Waals surface area contributed by atoms with Crippen molar-refractivity contribution in [3.63, 3.8) is 0 Å². The molecule has 1 aliphatic rings. The van der Waals surface area contributed by atoms with Crippen molar-refractivity contribution in [2.75, 3.05) is 6.61 Å². The van der Waals surface area contributed by atoms with Crippen molar-refractivity contribution in [1.29, 1.82) is 0 Å². The molecule has 0 spiro atoms. The molecule has 0 unspecified atom stereocenters. The van der Waals surface area contributed by atoms with Crippen molar-refractivity contribution in [2.45, 2.75) is 84.0 Å². The number of rotatable bonds is 12. The lowest BCUT2D eigenvalue weighted by Gasteiger charge is -2.27. The number of aryl methyl sites for hydroxylation is 2. The van der Waals surface area contributed by atoms with Gasteiger partial charge in [-0.25, -0.2) is 4.39 Å². The molecule has 38 heavy (non-hydrogen) atoms. The van der Waals surface area contributed by atoms with Gasteiger partial charge in [0.2, 0.25) is 5.82 Å². The first kappa shape index (κ1) is 28.1. The molecular weight excluding hydrogens is 474 g/mol. The molecule has 1 nitrogen and oxygen atoms in total. The van der Waals surface area contributed by atoms with Gasteiger partial charge in [0.1, 0.15) is 0 Å². The van der Waals surface area contributed by atoms with Crippen molar-refractivity contribution in [3.8, 4) is 16.9 Å². The highest BCUT2D eigenvalue weighted by Gasteiger charge is 2.21. The summed E-state index contributed by atoms with van der Waals surface area (Å²) in [5, 5.41) is 0. The van der Waals surface area contributed by atoms with Gasteiger partial charge in [0, 0.05) is 5.56 Å². The number of ether oxygens (including phenoxy) is 1. The SMILES string of the molecule is CCCCCc1ccc(CCC=CC2CCC(c3ccc(-c4ccc(OCC)c(F)c4F)cc3)CC2)cc1. The van der Waals surface area contributed by atoms with E-state index < -0.39 is 11.6 Å². The smallest absolute Gasteiger partial charge is 0.201 e. The molecule has 3 aromatic rings. The zero-order valence-electron chi connectivity index (χ0n) is 23.0. The Bertz CT molecular complexity index is 1160. The van der Waals surface area contributed by atoms with Gasteiger partial charge in [-0.15, -0.1) is 0 Å². The molecule has 202 valence electrons. The van der Waals surface area contributed by atoms with E-state index in [2.05, 4.69) is 55.5 Å². The molecule has 1 saturated carbocycles. The Morgan fingerprint density at radius 3 is 2.11 bits per heavy atom. The third kappa shape index (κ3) is 7.56. The molecule has 0 aromatic heterocycles. The highest BCUT2D eigenvalue weighted by atomic mass is 19.2. The van der Waals surface area contributed by atoms with E-state index in [-0.39, 0.29) is 11.3 Å². The second-order valence-electron chi connectivity index (χ2n) is 10.6. The summed E-state index contributed by atoms with van der Waals surface area (Å²) in [6.45, 7) is 4.31. The second kappa shape index (κ2) is 14.3. The molecule has 1 aliphatic carbocycles. The van der Waals surface area contributed by atoms with Crippen LogP contribution in [0.2, 0.25) is 0 Å². The first-order valence-corrected chi connectivity index (χ1v) is 14.5. The van der Waals surface area contributed by atoms with Gasteiger partial charge in [-0.2, -0.15) is 4.39 Å². The molecule has 0 heterocycles. The molecule has 0 aliphatic heterocycles. The van der Waals surface area contributed by atoms with Crippen molar-refractivity contribution in [2.24, 2.45) is 5.92 Å². The first-order valence-electron chi connectivity index (χ1n) is 14.5. The van der Waals surface area contributed by atoms with Gasteiger partial charge in [-0.05, 0) is 105 Å². The van der Waals surface area contributed by atoms with Gasteiger partial charge in [0.25, 0.3) is 0 Å². The van der Waals surface area contributed by atoms with Crippen molar-refractivity contribution in [1.82, 2.24) is 0 Å². The van der Waals surface area contributed by atoms with Crippen LogP contribution in [0, 0.1) is 17.6 Å². The minimum Gasteiger partial charge on any atom is -0.491 e. The van der Waals surface area contributed by atoms with E-state index in [4.69, 9.17) is 4.74 Å². The van der Waals surface area contributed by atoms with Crippen LogP contribution in [0.25, 0.3) is 11.1 Å². The molecular formula is C35H42F2O. The van der Waals surface area contributed by atoms with Crippen LogP contribution in [0.3, 0.4) is 0 Å². The maximum absolute atomic E-state index is 14.6. The van der Waals surface area contributed by atoms with Crippen LogP contribution in [-0.4, -0.2) is 6.61 Å². The summed E-state index contributed by atoms with van der Waals surface area (Å²) in [7, 11) is 0. The number of hydrogen-bond acceptors (Lipinski definition) is 1. The van der Waals surface area contributed by atoms with Crippen LogP contribution in [0.15, 0.2) is 72.8 Å². The molecule has 3 heteroatoms. The quantitative estimate of drug-likeness (QED) is 0.172. The maximum atomic E-state index is 14.6. The third-order valence-corrected chi connectivity index (χ3v) is 7.91. The van der Waals surface area contributed by atoms with Crippen molar-refractivity contribution in [3.05, 3.63) is 101 Å². The number of allylic oxidation sites excluding steroid dienone is 2. The summed E-state index contributed by atoms with van der Waals surface area (Å²) in [5.41, 5.74) is 5.14. The Morgan fingerprint density at radius 2 is 1.45 bits per heavy atom. The summed E-state index contributed by atoms with van der Waals surface area (Å²) in [6, 6.07) is 20.3. The molecule has 0 atom stereocenters. The minimum absolute atomic E-state index is 0.0389. The van der Waals surface area contributed by atoms with Gasteiger partial charge in [-0.1, -0.05) is 80.4 Å². The lowest BCUT2D eigenvalue weighted by atomic mass is 9.78. The van der Waals surface area contributed by atoms with E-state index in [0.29, 0.717) is 24.0 Å². The lowest BCUT2D eigenvalue weighted by molar-refractivity contribution is 0.314. The summed E-state index contributed by atoms with van der Waals surface area (Å²) < 4.78 is 34.1. The van der Waals surface area contributed by atoms with E-state index in [1.807, 2.05) is 12.1 Å². The molecule has 0 bridgehead atoms. The molecule has 1 fully saturated rings. The Balaban J connectivity index is 1.23. The highest BCUT2D eigenvalue weighted by Crippen LogP contribution is 2.37. The zero-order valence-corrected chi connectivity index (χ0v) is 23.0. The van der Waals surface area contributed by atoms with E-state index in [1.54, 1.807) is 13.0 Å². The predicted molar refractivity (Wildman–Crippen MR) is 155 cm³/mol. The van der Waals surface area contributed by atoms with Crippen LogP contribution in [0.5, 0.6) is 5.75 Å². The number of halogens is 2. The van der Waals surface area contributed by atoms with Gasteiger partial charge in [0.05, 0.1) is 6.61 Å². The molecule has 0 amide bonds. The summed E-state index contributed by atoms with van der Waals surface area (Å²) in [6.07, 6.45) is 16.8. The molecule has 0 saturated heterocycles. The topological polar surface area (TPSA) is 9.23 Å². The minimum atomic E-state index is -0.921. The van der Waals surface area contributed by atoms with E-state index in [0.717, 1.165) is 12.8 Å². The monoisotopic (exact) mass is 516 g/mol.